The number of aromatic nitrogens is 1. The molecule has 8 heteroatoms. The number of nitrogens with one attached hydrogen (secondary N) is 1. The molecule has 2 aromatic heterocycles. The van der Waals surface area contributed by atoms with E-state index >= 15 is 0 Å². The molecular weight excluding hydrogens is 490 g/mol. The maximum atomic E-state index is 12.9. The van der Waals surface area contributed by atoms with Crippen LogP contribution in [-0.4, -0.2) is 40.9 Å². The number of thiazole rings is 1. The van der Waals surface area contributed by atoms with Crippen LogP contribution in [0.1, 0.15) is 64.0 Å². The zero-order valence-electron chi connectivity index (χ0n) is 20.4. The lowest BCUT2D eigenvalue weighted by Crippen LogP contribution is -2.37. The average molecular weight is 520 g/mol. The molecule has 36 heavy (non-hydrogen) atoms. The number of rotatable bonds is 7. The fraction of sp³-hybridized carbons (Fsp3) is 0.321. The Balaban J connectivity index is 1.14. The van der Waals surface area contributed by atoms with Gasteiger partial charge in [0.15, 0.2) is 0 Å². The highest BCUT2D eigenvalue weighted by Gasteiger charge is 2.27. The van der Waals surface area contributed by atoms with Crippen molar-refractivity contribution in [2.45, 2.75) is 45.3 Å². The summed E-state index contributed by atoms with van der Waals surface area (Å²) in [5.74, 6) is 0.936. The van der Waals surface area contributed by atoms with Crippen molar-refractivity contribution in [3.8, 4) is 5.75 Å². The Morgan fingerprint density at radius 1 is 1.06 bits per heavy atom. The fourth-order valence-electron chi connectivity index (χ4n) is 4.48. The van der Waals surface area contributed by atoms with Crippen molar-refractivity contribution in [1.29, 1.82) is 0 Å². The van der Waals surface area contributed by atoms with E-state index in [0.29, 0.717) is 30.9 Å². The zero-order valence-corrected chi connectivity index (χ0v) is 22.0. The van der Waals surface area contributed by atoms with Crippen LogP contribution in [0.3, 0.4) is 0 Å². The Hall–Kier alpha value is -3.23. The Morgan fingerprint density at radius 3 is 2.56 bits per heavy atom. The maximum absolute atomic E-state index is 12.9. The van der Waals surface area contributed by atoms with E-state index in [1.807, 2.05) is 60.5 Å². The Bertz CT molecular complexity index is 1350. The van der Waals surface area contributed by atoms with Crippen molar-refractivity contribution >= 4 is 44.6 Å². The molecule has 1 N–H and O–H groups in total. The van der Waals surface area contributed by atoms with Gasteiger partial charge in [-0.1, -0.05) is 18.2 Å². The molecule has 3 heterocycles. The molecule has 0 unspecified atom stereocenters. The molecule has 0 atom stereocenters. The number of carbonyl (C=O) groups is 2. The summed E-state index contributed by atoms with van der Waals surface area (Å²) in [5, 5.41) is 9.11. The maximum Gasteiger partial charge on any atom is 0.271 e. The summed E-state index contributed by atoms with van der Waals surface area (Å²) >= 11 is 3.22. The van der Waals surface area contributed by atoms with Gasteiger partial charge in [-0.05, 0) is 73.4 Å². The molecule has 5 rings (SSSR count). The lowest BCUT2D eigenvalue weighted by molar-refractivity contribution is 0.0713. The summed E-state index contributed by atoms with van der Waals surface area (Å²) < 4.78 is 6.89. The van der Waals surface area contributed by atoms with Crippen LogP contribution in [0, 0.1) is 0 Å². The molecule has 6 nitrogen and oxygen atoms in total. The molecule has 0 spiro atoms. The number of benzene rings is 2. The standard InChI is InChI=1S/C28H29N3O3S2/c1-18(2)34-22-9-7-20(8-10-22)28(33)31-13-11-19(12-14-31)27-30-24(17-36-27)26(32)29-15-21-16-35-25-6-4-3-5-23(21)25/h3-10,16-19H,11-15H2,1-2H3,(H,29,32). The Labute approximate surface area is 218 Å². The van der Waals surface area contributed by atoms with Gasteiger partial charge in [-0.25, -0.2) is 4.98 Å². The normalized spacial score (nSPS) is 14.4. The fourth-order valence-corrected chi connectivity index (χ4v) is 6.41. The zero-order chi connectivity index (χ0) is 25.1. The van der Waals surface area contributed by atoms with Gasteiger partial charge in [0, 0.05) is 41.2 Å². The van der Waals surface area contributed by atoms with Gasteiger partial charge >= 0.3 is 0 Å². The summed E-state index contributed by atoms with van der Waals surface area (Å²) in [4.78, 5) is 32.2. The van der Waals surface area contributed by atoms with Crippen molar-refractivity contribution < 1.29 is 14.3 Å². The molecule has 0 bridgehead atoms. The third-order valence-corrected chi connectivity index (χ3v) is 8.38. The number of piperidine rings is 1. The third kappa shape index (κ3) is 5.44. The minimum Gasteiger partial charge on any atom is -0.491 e. The SMILES string of the molecule is CC(C)Oc1ccc(C(=O)N2CCC(c3nc(C(=O)NCc4csc5ccccc45)cs3)CC2)cc1. The van der Waals surface area contributed by atoms with Gasteiger partial charge < -0.3 is 15.0 Å². The van der Waals surface area contributed by atoms with E-state index in [1.165, 1.54) is 21.4 Å². The van der Waals surface area contributed by atoms with Crippen molar-refractivity contribution in [2.24, 2.45) is 0 Å². The lowest BCUT2D eigenvalue weighted by atomic mass is 9.97. The quantitative estimate of drug-likeness (QED) is 0.321. The van der Waals surface area contributed by atoms with Gasteiger partial charge in [0.1, 0.15) is 11.4 Å². The summed E-state index contributed by atoms with van der Waals surface area (Å²) in [6.07, 6.45) is 1.79. The molecule has 2 aromatic carbocycles. The van der Waals surface area contributed by atoms with Gasteiger partial charge in [-0.3, -0.25) is 9.59 Å². The van der Waals surface area contributed by atoms with E-state index in [9.17, 15) is 9.59 Å². The number of hydrogen-bond acceptors (Lipinski definition) is 6. The van der Waals surface area contributed by atoms with Crippen LogP contribution >= 0.6 is 22.7 Å². The number of hydrogen-bond donors (Lipinski definition) is 1. The van der Waals surface area contributed by atoms with Crippen molar-refractivity contribution in [2.75, 3.05) is 13.1 Å². The molecule has 1 saturated heterocycles. The van der Waals surface area contributed by atoms with E-state index in [-0.39, 0.29) is 23.8 Å². The Morgan fingerprint density at radius 2 is 1.81 bits per heavy atom. The number of fused-ring (bicyclic) bond motifs is 1. The molecule has 1 fully saturated rings. The minimum absolute atomic E-state index is 0.0460. The smallest absolute Gasteiger partial charge is 0.271 e. The number of ether oxygens (including phenoxy) is 1. The minimum atomic E-state index is -0.148. The predicted molar refractivity (Wildman–Crippen MR) is 145 cm³/mol. The molecule has 2 amide bonds. The first-order valence-corrected chi connectivity index (χ1v) is 14.0. The monoisotopic (exact) mass is 519 g/mol. The van der Waals surface area contributed by atoms with Crippen LogP contribution in [0.4, 0.5) is 0 Å². The van der Waals surface area contributed by atoms with E-state index in [0.717, 1.165) is 29.2 Å². The molecule has 0 radical (unpaired) electrons. The predicted octanol–water partition coefficient (Wildman–Crippen LogP) is 6.09. The first-order chi connectivity index (χ1) is 17.5. The van der Waals surface area contributed by atoms with Crippen LogP contribution in [0.15, 0.2) is 59.3 Å². The molecule has 1 aliphatic rings. The summed E-state index contributed by atoms with van der Waals surface area (Å²) in [6.45, 7) is 5.81. The average Bonchev–Trinajstić information content (AvgIpc) is 3.55. The van der Waals surface area contributed by atoms with Gasteiger partial charge in [0.2, 0.25) is 0 Å². The number of likely N-dealkylation sites (tertiary alicyclic amines) is 1. The second-order valence-electron chi connectivity index (χ2n) is 9.27. The van der Waals surface area contributed by atoms with Gasteiger partial charge in [-0.15, -0.1) is 22.7 Å². The highest BCUT2D eigenvalue weighted by atomic mass is 32.1. The number of carbonyl (C=O) groups excluding carboxylic acids is 2. The first kappa shape index (κ1) is 24.5. The third-order valence-electron chi connectivity index (χ3n) is 6.36. The van der Waals surface area contributed by atoms with E-state index in [1.54, 1.807) is 11.3 Å². The molecule has 1 aliphatic heterocycles. The Kier molecular flexibility index (Phi) is 7.34. The van der Waals surface area contributed by atoms with Gasteiger partial charge in [-0.2, -0.15) is 0 Å². The molecule has 186 valence electrons. The number of nitrogens with zero attached hydrogens (tertiary/aromatic N) is 2. The van der Waals surface area contributed by atoms with Crippen LogP contribution in [0.2, 0.25) is 0 Å². The highest BCUT2D eigenvalue weighted by molar-refractivity contribution is 7.17. The molecule has 0 aliphatic carbocycles. The van der Waals surface area contributed by atoms with E-state index in [2.05, 4.69) is 27.8 Å². The van der Waals surface area contributed by atoms with Crippen molar-refractivity contribution in [3.63, 3.8) is 0 Å². The first-order valence-electron chi connectivity index (χ1n) is 12.2. The summed E-state index contributed by atoms with van der Waals surface area (Å²) in [5.41, 5.74) is 2.27. The summed E-state index contributed by atoms with van der Waals surface area (Å²) in [7, 11) is 0. The molecule has 4 aromatic rings. The molecule has 0 saturated carbocycles. The molecular formula is C28H29N3O3S2. The van der Waals surface area contributed by atoms with E-state index in [4.69, 9.17) is 4.74 Å². The van der Waals surface area contributed by atoms with Crippen molar-refractivity contribution in [1.82, 2.24) is 15.2 Å². The van der Waals surface area contributed by atoms with Gasteiger partial charge in [0.25, 0.3) is 11.8 Å². The van der Waals surface area contributed by atoms with Crippen LogP contribution in [0.5, 0.6) is 5.75 Å². The second-order valence-corrected chi connectivity index (χ2v) is 11.1. The lowest BCUT2D eigenvalue weighted by Gasteiger charge is -2.31. The van der Waals surface area contributed by atoms with Crippen LogP contribution in [-0.2, 0) is 6.54 Å². The van der Waals surface area contributed by atoms with Crippen LogP contribution in [0.25, 0.3) is 10.1 Å². The number of thiophene rings is 1. The van der Waals surface area contributed by atoms with E-state index < -0.39 is 0 Å². The highest BCUT2D eigenvalue weighted by Crippen LogP contribution is 2.31. The van der Waals surface area contributed by atoms with Crippen LogP contribution < -0.4 is 10.1 Å². The van der Waals surface area contributed by atoms with Crippen molar-refractivity contribution in [3.05, 3.63) is 81.1 Å². The van der Waals surface area contributed by atoms with Gasteiger partial charge in [0.05, 0.1) is 11.1 Å². The second kappa shape index (κ2) is 10.8. The topological polar surface area (TPSA) is 71.5 Å². The number of amides is 2. The summed E-state index contributed by atoms with van der Waals surface area (Å²) in [6, 6.07) is 15.6. The largest absolute Gasteiger partial charge is 0.491 e.